The number of carboxylic acid groups (broad SMARTS) is 1. The number of aliphatic carboxylic acids is 1. The van der Waals surface area contributed by atoms with Crippen LogP contribution in [0.3, 0.4) is 0 Å². The number of piperidine rings is 1. The van der Waals surface area contributed by atoms with Crippen LogP contribution < -0.4 is 4.74 Å². The quantitative estimate of drug-likeness (QED) is 0.781. The van der Waals surface area contributed by atoms with Gasteiger partial charge in [-0.15, -0.1) is 0 Å². The van der Waals surface area contributed by atoms with Crippen LogP contribution in [0.2, 0.25) is 0 Å². The van der Waals surface area contributed by atoms with Gasteiger partial charge in [0.1, 0.15) is 17.0 Å². The second-order valence-electron chi connectivity index (χ2n) is 8.28. The highest BCUT2D eigenvalue weighted by atomic mass is 16.6. The molecule has 0 radical (unpaired) electrons. The van der Waals surface area contributed by atoms with Crippen LogP contribution in [0.5, 0.6) is 5.75 Å². The summed E-state index contributed by atoms with van der Waals surface area (Å²) < 4.78 is 11.6. The number of Topliss-reactive ketones (excluding diaryl/α,β-unsaturated/α-hetero) is 1. The van der Waals surface area contributed by atoms with E-state index in [-0.39, 0.29) is 18.3 Å². The Kier molecular flexibility index (Phi) is 5.19. The molecule has 2 aliphatic heterocycles. The molecule has 0 unspecified atom stereocenters. The zero-order chi connectivity index (χ0) is 20.5. The number of rotatable bonds is 2. The van der Waals surface area contributed by atoms with E-state index >= 15 is 0 Å². The van der Waals surface area contributed by atoms with Crippen molar-refractivity contribution in [3.63, 3.8) is 0 Å². The van der Waals surface area contributed by atoms with Crippen LogP contribution in [-0.4, -0.2) is 52.1 Å². The number of ketones is 1. The van der Waals surface area contributed by atoms with Gasteiger partial charge in [0, 0.05) is 32.0 Å². The maximum absolute atomic E-state index is 12.7. The lowest BCUT2D eigenvalue weighted by Gasteiger charge is -2.44. The van der Waals surface area contributed by atoms with Gasteiger partial charge < -0.3 is 19.5 Å². The zero-order valence-corrected chi connectivity index (χ0v) is 16.4. The van der Waals surface area contributed by atoms with Gasteiger partial charge in [0.15, 0.2) is 5.78 Å². The predicted octanol–water partition coefficient (Wildman–Crippen LogP) is 3.52. The number of carboxylic acids is 1. The van der Waals surface area contributed by atoms with Crippen LogP contribution in [-0.2, 0) is 9.53 Å². The Labute approximate surface area is 163 Å². The molecule has 0 aliphatic carbocycles. The number of hydrogen-bond donors (Lipinski definition) is 1. The summed E-state index contributed by atoms with van der Waals surface area (Å²) in [7, 11) is 0. The number of hydrogen-bond acceptors (Lipinski definition) is 5. The van der Waals surface area contributed by atoms with E-state index < -0.39 is 17.2 Å². The highest BCUT2D eigenvalue weighted by molar-refractivity contribution is 6.01. The van der Waals surface area contributed by atoms with E-state index in [1.54, 1.807) is 23.1 Å². The van der Waals surface area contributed by atoms with Gasteiger partial charge in [-0.2, -0.15) is 0 Å². The van der Waals surface area contributed by atoms with E-state index in [9.17, 15) is 14.4 Å². The van der Waals surface area contributed by atoms with Crippen LogP contribution in [0.25, 0.3) is 6.08 Å². The molecule has 1 aromatic carbocycles. The summed E-state index contributed by atoms with van der Waals surface area (Å²) in [5.41, 5.74) is -0.0578. The standard InChI is InChI=1S/C21H25NO6/c1-20(2,3)28-19(26)22-10-8-21(9-11-22)13-16(23)15-12-14(5-7-18(24)25)4-6-17(15)27-21/h4-7,12H,8-11,13H2,1-3H3,(H,24,25). The third-order valence-electron chi connectivity index (χ3n) is 4.86. The van der Waals surface area contributed by atoms with Crippen molar-refractivity contribution >= 4 is 23.9 Å². The van der Waals surface area contributed by atoms with Gasteiger partial charge in [0.05, 0.1) is 12.0 Å². The second-order valence-corrected chi connectivity index (χ2v) is 8.28. The molecule has 1 amide bonds. The topological polar surface area (TPSA) is 93.1 Å². The molecule has 150 valence electrons. The smallest absolute Gasteiger partial charge is 0.410 e. The maximum Gasteiger partial charge on any atom is 0.410 e. The van der Waals surface area contributed by atoms with Gasteiger partial charge in [0.2, 0.25) is 0 Å². The van der Waals surface area contributed by atoms with E-state index in [0.29, 0.717) is 42.8 Å². The van der Waals surface area contributed by atoms with Crippen LogP contribution in [0.15, 0.2) is 24.3 Å². The van der Waals surface area contributed by atoms with E-state index in [2.05, 4.69) is 0 Å². The molecule has 0 saturated carbocycles. The van der Waals surface area contributed by atoms with Crippen molar-refractivity contribution in [3.05, 3.63) is 35.4 Å². The van der Waals surface area contributed by atoms with Gasteiger partial charge in [0.25, 0.3) is 0 Å². The summed E-state index contributed by atoms with van der Waals surface area (Å²) in [6, 6.07) is 5.08. The first-order valence-corrected chi connectivity index (χ1v) is 9.32. The van der Waals surface area contributed by atoms with Crippen molar-refractivity contribution in [1.82, 2.24) is 4.90 Å². The zero-order valence-electron chi connectivity index (χ0n) is 16.4. The first-order chi connectivity index (χ1) is 13.1. The molecule has 0 atom stereocenters. The minimum absolute atomic E-state index is 0.0301. The Hall–Kier alpha value is -2.83. The maximum atomic E-state index is 12.7. The van der Waals surface area contributed by atoms with Crippen LogP contribution in [0.4, 0.5) is 4.79 Å². The molecule has 2 heterocycles. The molecule has 3 rings (SSSR count). The van der Waals surface area contributed by atoms with E-state index in [1.165, 1.54) is 6.08 Å². The Balaban J connectivity index is 1.70. The van der Waals surface area contributed by atoms with Crippen molar-refractivity contribution in [2.75, 3.05) is 13.1 Å². The number of nitrogens with zero attached hydrogens (tertiary/aromatic N) is 1. The Morgan fingerprint density at radius 3 is 2.54 bits per heavy atom. The summed E-state index contributed by atoms with van der Waals surface area (Å²) in [5.74, 6) is -0.567. The number of likely N-dealkylation sites (tertiary alicyclic amines) is 1. The fourth-order valence-electron chi connectivity index (χ4n) is 3.48. The summed E-state index contributed by atoms with van der Waals surface area (Å²) in [6.45, 7) is 6.43. The molecule has 1 spiro atoms. The number of benzene rings is 1. The average Bonchev–Trinajstić information content (AvgIpc) is 2.59. The number of fused-ring (bicyclic) bond motifs is 1. The lowest BCUT2D eigenvalue weighted by molar-refractivity contribution is -0.131. The summed E-state index contributed by atoms with van der Waals surface area (Å²) in [4.78, 5) is 37.3. The lowest BCUT2D eigenvalue weighted by atomic mass is 9.82. The van der Waals surface area contributed by atoms with Gasteiger partial charge in [-0.1, -0.05) is 6.07 Å². The highest BCUT2D eigenvalue weighted by Gasteiger charge is 2.44. The minimum atomic E-state index is -1.05. The van der Waals surface area contributed by atoms with Gasteiger partial charge >= 0.3 is 12.1 Å². The summed E-state index contributed by atoms with van der Waals surface area (Å²) >= 11 is 0. The first kappa shape index (κ1) is 19.9. The highest BCUT2D eigenvalue weighted by Crippen LogP contribution is 2.40. The molecule has 0 aromatic heterocycles. The van der Waals surface area contributed by atoms with Crippen LogP contribution in [0, 0.1) is 0 Å². The minimum Gasteiger partial charge on any atom is -0.486 e. The Bertz CT molecular complexity index is 828. The van der Waals surface area contributed by atoms with Crippen molar-refractivity contribution in [2.24, 2.45) is 0 Å². The fraction of sp³-hybridized carbons (Fsp3) is 0.476. The van der Waals surface area contributed by atoms with E-state index in [4.69, 9.17) is 14.6 Å². The lowest BCUT2D eigenvalue weighted by Crippen LogP contribution is -2.52. The molecule has 7 heteroatoms. The number of amides is 1. The molecule has 1 aromatic rings. The first-order valence-electron chi connectivity index (χ1n) is 9.32. The molecule has 7 nitrogen and oxygen atoms in total. The summed E-state index contributed by atoms with van der Waals surface area (Å²) in [6.07, 6.45) is 3.48. The monoisotopic (exact) mass is 387 g/mol. The molecule has 2 aliphatic rings. The fourth-order valence-corrected chi connectivity index (χ4v) is 3.48. The molecular weight excluding hydrogens is 362 g/mol. The number of ether oxygens (including phenoxy) is 2. The van der Waals surface area contributed by atoms with Gasteiger partial charge in [-0.3, -0.25) is 4.79 Å². The molecule has 1 fully saturated rings. The summed E-state index contributed by atoms with van der Waals surface area (Å²) in [5, 5.41) is 8.74. The second kappa shape index (κ2) is 7.30. The molecule has 1 saturated heterocycles. The third kappa shape index (κ3) is 4.52. The van der Waals surface area contributed by atoms with Crippen LogP contribution >= 0.6 is 0 Å². The van der Waals surface area contributed by atoms with Gasteiger partial charge in [-0.05, 0) is 44.5 Å². The Morgan fingerprint density at radius 1 is 1.25 bits per heavy atom. The average molecular weight is 387 g/mol. The van der Waals surface area contributed by atoms with Crippen molar-refractivity contribution < 1.29 is 29.0 Å². The van der Waals surface area contributed by atoms with Crippen LogP contribution in [0.1, 0.15) is 56.0 Å². The molecule has 28 heavy (non-hydrogen) atoms. The number of carbonyl (C=O) groups is 3. The van der Waals surface area contributed by atoms with Crippen molar-refractivity contribution in [2.45, 2.75) is 51.2 Å². The molecule has 0 bridgehead atoms. The van der Waals surface area contributed by atoms with Crippen molar-refractivity contribution in [1.29, 1.82) is 0 Å². The van der Waals surface area contributed by atoms with E-state index in [1.807, 2.05) is 20.8 Å². The van der Waals surface area contributed by atoms with Gasteiger partial charge in [-0.25, -0.2) is 9.59 Å². The third-order valence-corrected chi connectivity index (χ3v) is 4.86. The Morgan fingerprint density at radius 2 is 1.93 bits per heavy atom. The normalized spacial score (nSPS) is 18.7. The largest absolute Gasteiger partial charge is 0.486 e. The van der Waals surface area contributed by atoms with Crippen molar-refractivity contribution in [3.8, 4) is 5.75 Å². The molecular formula is C21H25NO6. The SMILES string of the molecule is CC(C)(C)OC(=O)N1CCC2(CC1)CC(=O)c1cc(C=CC(=O)O)ccc1O2. The van der Waals surface area contributed by atoms with E-state index in [0.717, 1.165) is 6.08 Å². The predicted molar refractivity (Wildman–Crippen MR) is 102 cm³/mol. The molecule has 1 N–H and O–H groups in total. The number of carbonyl (C=O) groups excluding carboxylic acids is 2.